The average molecular weight is 291 g/mol. The number of halogens is 1. The monoisotopic (exact) mass is 291 g/mol. The maximum atomic E-state index is 14.1. The number of aromatic nitrogens is 2. The SMILES string of the molecule is Cc1cc(=O)n(-c2cc3c(cc2F)OCC(=O)N3)c(=O)[nH]1. The van der Waals surface area contributed by atoms with E-state index < -0.39 is 23.0 Å². The lowest BCUT2D eigenvalue weighted by atomic mass is 10.2. The number of aryl methyl sites for hydroxylation is 1. The van der Waals surface area contributed by atoms with Crippen molar-refractivity contribution < 1.29 is 13.9 Å². The minimum atomic E-state index is -0.804. The number of aromatic amines is 1. The fourth-order valence-corrected chi connectivity index (χ4v) is 2.10. The van der Waals surface area contributed by atoms with Gasteiger partial charge in [-0.1, -0.05) is 0 Å². The molecule has 0 radical (unpaired) electrons. The summed E-state index contributed by atoms with van der Waals surface area (Å²) in [6.45, 7) is 1.33. The fraction of sp³-hybridized carbons (Fsp3) is 0.154. The van der Waals surface area contributed by atoms with E-state index in [-0.39, 0.29) is 23.7 Å². The van der Waals surface area contributed by atoms with E-state index in [9.17, 15) is 18.8 Å². The molecule has 0 aliphatic carbocycles. The number of amides is 1. The van der Waals surface area contributed by atoms with Crippen LogP contribution in [0.2, 0.25) is 0 Å². The van der Waals surface area contributed by atoms with Crippen molar-refractivity contribution in [3.05, 3.63) is 50.5 Å². The molecule has 1 aromatic carbocycles. The Kier molecular flexibility index (Phi) is 2.86. The van der Waals surface area contributed by atoms with Crippen LogP contribution in [-0.4, -0.2) is 22.1 Å². The van der Waals surface area contributed by atoms with Crippen LogP contribution in [0, 0.1) is 12.7 Å². The van der Waals surface area contributed by atoms with Crippen molar-refractivity contribution in [1.29, 1.82) is 0 Å². The largest absolute Gasteiger partial charge is 0.481 e. The smallest absolute Gasteiger partial charge is 0.333 e. The minimum Gasteiger partial charge on any atom is -0.481 e. The number of carbonyl (C=O) groups is 1. The van der Waals surface area contributed by atoms with E-state index in [1.54, 1.807) is 6.92 Å². The maximum absolute atomic E-state index is 14.1. The second-order valence-electron chi connectivity index (χ2n) is 4.57. The van der Waals surface area contributed by atoms with Gasteiger partial charge in [-0.05, 0) is 13.0 Å². The van der Waals surface area contributed by atoms with Crippen molar-refractivity contribution in [2.24, 2.45) is 0 Å². The van der Waals surface area contributed by atoms with Crippen LogP contribution in [0.1, 0.15) is 5.69 Å². The Morgan fingerprint density at radius 2 is 2.00 bits per heavy atom. The quantitative estimate of drug-likeness (QED) is 0.790. The van der Waals surface area contributed by atoms with Crippen molar-refractivity contribution >= 4 is 11.6 Å². The lowest BCUT2D eigenvalue weighted by molar-refractivity contribution is -0.118. The third-order valence-electron chi connectivity index (χ3n) is 2.99. The molecule has 0 saturated carbocycles. The summed E-state index contributed by atoms with van der Waals surface area (Å²) in [6, 6.07) is 3.39. The molecule has 0 fully saturated rings. The lowest BCUT2D eigenvalue weighted by Crippen LogP contribution is -2.34. The second-order valence-corrected chi connectivity index (χ2v) is 4.57. The summed E-state index contributed by atoms with van der Waals surface area (Å²) in [7, 11) is 0. The first-order valence-electron chi connectivity index (χ1n) is 6.05. The van der Waals surface area contributed by atoms with Gasteiger partial charge in [-0.15, -0.1) is 0 Å². The molecule has 21 heavy (non-hydrogen) atoms. The number of nitrogens with one attached hydrogen (secondary N) is 2. The summed E-state index contributed by atoms with van der Waals surface area (Å²) in [5.41, 5.74) is -1.11. The van der Waals surface area contributed by atoms with Gasteiger partial charge in [0.05, 0.1) is 11.4 Å². The van der Waals surface area contributed by atoms with E-state index >= 15 is 0 Å². The van der Waals surface area contributed by atoms with E-state index in [4.69, 9.17) is 4.74 Å². The molecule has 1 aliphatic heterocycles. The number of nitrogens with zero attached hydrogens (tertiary/aromatic N) is 1. The predicted octanol–water partition coefficient (Wildman–Crippen LogP) is 0.304. The highest BCUT2D eigenvalue weighted by Crippen LogP contribution is 2.31. The Balaban J connectivity index is 2.25. The van der Waals surface area contributed by atoms with Crippen molar-refractivity contribution in [1.82, 2.24) is 9.55 Å². The first-order valence-corrected chi connectivity index (χ1v) is 6.05. The van der Waals surface area contributed by atoms with Crippen LogP contribution in [0.5, 0.6) is 5.75 Å². The van der Waals surface area contributed by atoms with Crippen LogP contribution >= 0.6 is 0 Å². The number of rotatable bonds is 1. The molecule has 8 heteroatoms. The van der Waals surface area contributed by atoms with Gasteiger partial charge < -0.3 is 15.0 Å². The van der Waals surface area contributed by atoms with Crippen molar-refractivity contribution in [2.75, 3.05) is 11.9 Å². The van der Waals surface area contributed by atoms with Crippen LogP contribution in [0.4, 0.5) is 10.1 Å². The van der Waals surface area contributed by atoms with E-state index in [0.29, 0.717) is 10.3 Å². The zero-order valence-corrected chi connectivity index (χ0v) is 10.9. The molecule has 1 aliphatic rings. The number of hydrogen-bond acceptors (Lipinski definition) is 4. The molecule has 2 heterocycles. The van der Waals surface area contributed by atoms with Crippen LogP contribution in [0.15, 0.2) is 27.8 Å². The summed E-state index contributed by atoms with van der Waals surface area (Å²) in [5.74, 6) is -1.06. The van der Waals surface area contributed by atoms with Crippen molar-refractivity contribution in [3.63, 3.8) is 0 Å². The molecule has 0 spiro atoms. The zero-order chi connectivity index (χ0) is 15.1. The molecule has 1 aromatic heterocycles. The zero-order valence-electron chi connectivity index (χ0n) is 10.9. The highest BCUT2D eigenvalue weighted by Gasteiger charge is 2.20. The third kappa shape index (κ3) is 2.20. The van der Waals surface area contributed by atoms with Gasteiger partial charge in [0.15, 0.2) is 12.4 Å². The summed E-state index contributed by atoms with van der Waals surface area (Å²) >= 11 is 0. The van der Waals surface area contributed by atoms with Gasteiger partial charge in [0.1, 0.15) is 5.75 Å². The number of ether oxygens (including phenoxy) is 1. The molecule has 0 atom stereocenters. The van der Waals surface area contributed by atoms with E-state index in [1.807, 2.05) is 0 Å². The first-order chi connectivity index (χ1) is 9.95. The minimum absolute atomic E-state index is 0.146. The number of benzene rings is 1. The average Bonchev–Trinajstić information content (AvgIpc) is 2.38. The van der Waals surface area contributed by atoms with E-state index in [1.165, 1.54) is 12.1 Å². The molecule has 7 nitrogen and oxygen atoms in total. The highest BCUT2D eigenvalue weighted by atomic mass is 19.1. The first kappa shape index (κ1) is 13.1. The van der Waals surface area contributed by atoms with Crippen LogP contribution in [0.3, 0.4) is 0 Å². The molecular weight excluding hydrogens is 281 g/mol. The molecule has 1 amide bonds. The molecule has 108 valence electrons. The molecule has 2 N–H and O–H groups in total. The van der Waals surface area contributed by atoms with Gasteiger partial charge in [0.2, 0.25) is 0 Å². The maximum Gasteiger partial charge on any atom is 0.333 e. The normalized spacial score (nSPS) is 13.3. The molecule has 3 rings (SSSR count). The van der Waals surface area contributed by atoms with E-state index in [2.05, 4.69) is 10.3 Å². The lowest BCUT2D eigenvalue weighted by Gasteiger charge is -2.19. The van der Waals surface area contributed by atoms with Crippen LogP contribution in [-0.2, 0) is 4.79 Å². The number of fused-ring (bicyclic) bond motifs is 1. The summed E-state index contributed by atoms with van der Waals surface area (Å²) in [4.78, 5) is 37.5. The predicted molar refractivity (Wildman–Crippen MR) is 71.5 cm³/mol. The Morgan fingerprint density at radius 1 is 1.24 bits per heavy atom. The summed E-state index contributed by atoms with van der Waals surface area (Å²) in [6.07, 6.45) is 0. The fourth-order valence-electron chi connectivity index (χ4n) is 2.10. The van der Waals surface area contributed by atoms with Gasteiger partial charge in [-0.2, -0.15) is 0 Å². The highest BCUT2D eigenvalue weighted by molar-refractivity contribution is 5.95. The number of anilines is 1. The Labute approximate surface area is 117 Å². The third-order valence-corrected chi connectivity index (χ3v) is 2.99. The van der Waals surface area contributed by atoms with Gasteiger partial charge in [0.25, 0.3) is 11.5 Å². The molecule has 2 aromatic rings. The van der Waals surface area contributed by atoms with E-state index in [0.717, 1.165) is 6.07 Å². The Morgan fingerprint density at radius 3 is 2.71 bits per heavy atom. The summed E-state index contributed by atoms with van der Waals surface area (Å²) in [5, 5.41) is 2.49. The number of H-pyrrole nitrogens is 1. The molecule has 0 unspecified atom stereocenters. The standard InChI is InChI=1S/C13H10FN3O4/c1-6-2-12(19)17(13(20)15-6)9-4-8-10(3-7(9)14)21-5-11(18)16-8/h2-4H,5H2,1H3,(H,15,20)(H,16,18). The Bertz CT molecular complexity index is 837. The van der Waals surface area contributed by atoms with Gasteiger partial charge in [-0.3, -0.25) is 9.59 Å². The van der Waals surface area contributed by atoms with Gasteiger partial charge in [0, 0.05) is 17.8 Å². The Hall–Kier alpha value is -2.90. The van der Waals surface area contributed by atoms with Gasteiger partial charge in [-0.25, -0.2) is 13.8 Å². The second kappa shape index (κ2) is 4.58. The molecule has 0 saturated heterocycles. The molecular formula is C13H10FN3O4. The van der Waals surface area contributed by atoms with Gasteiger partial charge >= 0.3 is 5.69 Å². The number of hydrogen-bond donors (Lipinski definition) is 2. The topological polar surface area (TPSA) is 93.2 Å². The van der Waals surface area contributed by atoms with Crippen LogP contribution in [0.25, 0.3) is 5.69 Å². The van der Waals surface area contributed by atoms with Crippen LogP contribution < -0.4 is 21.3 Å². The van der Waals surface area contributed by atoms with Crippen molar-refractivity contribution in [3.8, 4) is 11.4 Å². The molecule has 0 bridgehead atoms. The summed E-state index contributed by atoms with van der Waals surface area (Å²) < 4.78 is 19.8. The number of carbonyl (C=O) groups excluding carboxylic acids is 1. The van der Waals surface area contributed by atoms with Crippen molar-refractivity contribution in [2.45, 2.75) is 6.92 Å².